The van der Waals surface area contributed by atoms with Gasteiger partial charge in [0.2, 0.25) is 0 Å². The monoisotopic (exact) mass is 872 g/mol. The summed E-state index contributed by atoms with van der Waals surface area (Å²) in [5, 5.41) is 41.1. The van der Waals surface area contributed by atoms with E-state index in [2.05, 4.69) is 12.1 Å². The van der Waals surface area contributed by atoms with Crippen LogP contribution < -0.4 is 0 Å². The summed E-state index contributed by atoms with van der Waals surface area (Å²) < 4.78 is 93.7. The second-order valence-corrected chi connectivity index (χ2v) is 15.6. The Hall–Kier alpha value is -9.10. The molecule has 10 aromatic rings. The van der Waals surface area contributed by atoms with Crippen LogP contribution in [0.4, 0.5) is 26.3 Å². The Labute approximate surface area is 371 Å². The van der Waals surface area contributed by atoms with Crippen LogP contribution in [-0.2, 0) is 12.4 Å². The maximum atomic E-state index is 15.1. The van der Waals surface area contributed by atoms with Gasteiger partial charge in [0.1, 0.15) is 0 Å². The molecule has 0 bridgehead atoms. The lowest BCUT2D eigenvalue weighted by Crippen LogP contribution is -2.12. The zero-order valence-electron chi connectivity index (χ0n) is 34.0. The Balaban J connectivity index is 1.18. The third kappa shape index (κ3) is 6.65. The van der Waals surface area contributed by atoms with Crippen molar-refractivity contribution in [1.29, 1.82) is 21.0 Å². The summed E-state index contributed by atoms with van der Waals surface area (Å²) in [4.78, 5) is 0. The Morgan fingerprint density at radius 3 is 1.11 bits per heavy atom. The van der Waals surface area contributed by atoms with Crippen molar-refractivity contribution in [3.05, 3.63) is 191 Å². The predicted octanol–water partition coefficient (Wildman–Crippen LogP) is 14.4. The number of halogens is 6. The molecule has 0 amide bonds. The molecule has 0 saturated carbocycles. The van der Waals surface area contributed by atoms with E-state index in [4.69, 9.17) is 0 Å². The largest absolute Gasteiger partial charge is 0.418 e. The highest BCUT2D eigenvalue weighted by Gasteiger charge is 2.37. The fraction of sp³-hybridized carbons (Fsp3) is 0.0370. The maximum Gasteiger partial charge on any atom is 0.418 e. The summed E-state index contributed by atoms with van der Waals surface area (Å²) in [6.07, 6.45) is -9.68. The number of aromatic nitrogens is 2. The normalized spacial score (nSPS) is 11.7. The number of rotatable bonds is 5. The SMILES string of the molecule is N#Cc1ccc(-c2ccc3c(c2)c2ccccc2n3-c2cc(-c3ccc(C(F)(F)F)c(-n4c5ccccc5c5cc(-c6ccc(C#N)cc6C#N)ccc54)c3)ccc2C(F)(F)F)c(C#N)c1. The number of fused-ring (bicyclic) bond motifs is 6. The van der Waals surface area contributed by atoms with Crippen LogP contribution >= 0.6 is 0 Å². The molecule has 12 heteroatoms. The molecule has 66 heavy (non-hydrogen) atoms. The van der Waals surface area contributed by atoms with E-state index >= 15 is 26.3 Å². The van der Waals surface area contributed by atoms with Crippen LogP contribution in [0.1, 0.15) is 33.4 Å². The molecule has 0 aliphatic rings. The first-order valence-electron chi connectivity index (χ1n) is 20.2. The van der Waals surface area contributed by atoms with Crippen LogP contribution in [0.25, 0.3) is 88.4 Å². The first kappa shape index (κ1) is 40.9. The molecule has 0 aliphatic carbocycles. The summed E-state index contributed by atoms with van der Waals surface area (Å²) >= 11 is 0. The number of nitriles is 4. The maximum absolute atomic E-state index is 15.1. The van der Waals surface area contributed by atoms with E-state index in [1.165, 1.54) is 45.5 Å². The fourth-order valence-corrected chi connectivity index (χ4v) is 8.99. The highest BCUT2D eigenvalue weighted by atomic mass is 19.4. The zero-order chi connectivity index (χ0) is 46.1. The molecular weight excluding hydrogens is 847 g/mol. The molecule has 2 heterocycles. The Kier molecular flexibility index (Phi) is 9.50. The zero-order valence-corrected chi connectivity index (χ0v) is 34.0. The average molecular weight is 873 g/mol. The van der Waals surface area contributed by atoms with Gasteiger partial charge in [-0.1, -0.05) is 72.8 Å². The van der Waals surface area contributed by atoms with E-state index in [9.17, 15) is 21.0 Å². The molecule has 0 saturated heterocycles. The lowest BCUT2D eigenvalue weighted by molar-refractivity contribution is -0.138. The van der Waals surface area contributed by atoms with Crippen molar-refractivity contribution in [2.24, 2.45) is 0 Å². The minimum Gasteiger partial charge on any atom is -0.309 e. The number of alkyl halides is 6. The van der Waals surface area contributed by atoms with E-state index in [1.54, 1.807) is 109 Å². The number of hydrogen-bond donors (Lipinski definition) is 0. The van der Waals surface area contributed by atoms with Crippen LogP contribution in [0, 0.1) is 45.3 Å². The van der Waals surface area contributed by atoms with Crippen LogP contribution in [0.2, 0.25) is 0 Å². The van der Waals surface area contributed by atoms with Gasteiger partial charge >= 0.3 is 12.4 Å². The molecular formula is C54H26F6N6. The van der Waals surface area contributed by atoms with Gasteiger partial charge in [0.25, 0.3) is 0 Å². The molecule has 6 nitrogen and oxygen atoms in total. The minimum absolute atomic E-state index is 0.222. The summed E-state index contributed by atoms with van der Waals surface area (Å²) in [6.45, 7) is 0. The highest BCUT2D eigenvalue weighted by molar-refractivity contribution is 6.12. The van der Waals surface area contributed by atoms with E-state index in [0.29, 0.717) is 77.0 Å². The topological polar surface area (TPSA) is 105 Å². The summed E-state index contributed by atoms with van der Waals surface area (Å²) in [5.74, 6) is 0. The molecule has 314 valence electrons. The second kappa shape index (κ2) is 15.3. The van der Waals surface area contributed by atoms with Gasteiger partial charge in [-0.15, -0.1) is 0 Å². The molecule has 0 radical (unpaired) electrons. The first-order valence-corrected chi connectivity index (χ1v) is 20.2. The van der Waals surface area contributed by atoms with E-state index in [0.717, 1.165) is 12.1 Å². The van der Waals surface area contributed by atoms with Crippen molar-refractivity contribution in [3.8, 4) is 69.0 Å². The van der Waals surface area contributed by atoms with Crippen molar-refractivity contribution in [1.82, 2.24) is 9.13 Å². The number of nitrogens with zero attached hydrogens (tertiary/aromatic N) is 6. The van der Waals surface area contributed by atoms with E-state index in [-0.39, 0.29) is 33.6 Å². The first-order chi connectivity index (χ1) is 31.8. The van der Waals surface area contributed by atoms with Crippen molar-refractivity contribution >= 4 is 43.6 Å². The van der Waals surface area contributed by atoms with Crippen LogP contribution in [0.3, 0.4) is 0 Å². The standard InChI is InChI=1S/C54H26F6N6/c55-53(56,57)45-17-11-33(25-51(45)65-47-7-3-1-5-41(47)43-23-35(13-19-49(43)65)39-15-9-31(27-61)21-37(39)29-63)34-12-18-46(54(58,59)60)52(26-34)66-48-8-4-2-6-42(48)44-24-36(14-20-50(44)66)40-16-10-32(28-62)22-38(40)30-64/h1-26H. The van der Waals surface area contributed by atoms with Gasteiger partial charge in [0.05, 0.1) is 91.1 Å². The summed E-state index contributed by atoms with van der Waals surface area (Å²) in [6, 6.07) is 48.9. The average Bonchev–Trinajstić information content (AvgIpc) is 3.84. The minimum atomic E-state index is -4.84. The Bertz CT molecular complexity index is 3610. The van der Waals surface area contributed by atoms with Gasteiger partial charge in [-0.2, -0.15) is 47.4 Å². The van der Waals surface area contributed by atoms with Crippen LogP contribution in [-0.4, -0.2) is 9.13 Å². The van der Waals surface area contributed by atoms with Gasteiger partial charge in [-0.05, 0) is 118 Å². The van der Waals surface area contributed by atoms with Crippen molar-refractivity contribution < 1.29 is 26.3 Å². The van der Waals surface area contributed by atoms with Crippen molar-refractivity contribution in [3.63, 3.8) is 0 Å². The molecule has 8 aromatic carbocycles. The van der Waals surface area contributed by atoms with Gasteiger partial charge in [0, 0.05) is 21.5 Å². The lowest BCUT2D eigenvalue weighted by atomic mass is 9.97. The smallest absolute Gasteiger partial charge is 0.309 e. The Morgan fingerprint density at radius 2 is 0.727 bits per heavy atom. The lowest BCUT2D eigenvalue weighted by Gasteiger charge is -2.20. The quantitative estimate of drug-likeness (QED) is 0.161. The van der Waals surface area contributed by atoms with Gasteiger partial charge in [-0.25, -0.2) is 0 Å². The Morgan fingerprint density at radius 1 is 0.348 bits per heavy atom. The van der Waals surface area contributed by atoms with Crippen molar-refractivity contribution in [2.75, 3.05) is 0 Å². The second-order valence-electron chi connectivity index (χ2n) is 15.6. The molecule has 2 aromatic heterocycles. The highest BCUT2D eigenvalue weighted by Crippen LogP contribution is 2.45. The third-order valence-electron chi connectivity index (χ3n) is 11.9. The third-order valence-corrected chi connectivity index (χ3v) is 11.9. The molecule has 10 rings (SSSR count). The molecule has 0 atom stereocenters. The van der Waals surface area contributed by atoms with Crippen LogP contribution in [0.15, 0.2) is 158 Å². The predicted molar refractivity (Wildman–Crippen MR) is 240 cm³/mol. The summed E-state index contributed by atoms with van der Waals surface area (Å²) in [5.41, 5.74) is 3.10. The van der Waals surface area contributed by atoms with Crippen LogP contribution in [0.5, 0.6) is 0 Å². The summed E-state index contributed by atoms with van der Waals surface area (Å²) in [7, 11) is 0. The molecule has 0 fully saturated rings. The fourth-order valence-electron chi connectivity index (χ4n) is 8.99. The number of para-hydroxylation sites is 2. The molecule has 0 unspecified atom stereocenters. The van der Waals surface area contributed by atoms with Gasteiger partial charge in [0.15, 0.2) is 0 Å². The number of hydrogen-bond acceptors (Lipinski definition) is 4. The van der Waals surface area contributed by atoms with E-state index in [1.807, 2.05) is 12.1 Å². The number of benzene rings is 8. The van der Waals surface area contributed by atoms with Gasteiger partial charge < -0.3 is 9.13 Å². The van der Waals surface area contributed by atoms with Gasteiger partial charge in [-0.3, -0.25) is 0 Å². The molecule has 0 N–H and O–H groups in total. The van der Waals surface area contributed by atoms with Crippen molar-refractivity contribution in [2.45, 2.75) is 12.4 Å². The molecule has 0 aliphatic heterocycles. The van der Waals surface area contributed by atoms with E-state index < -0.39 is 23.5 Å². The molecule has 0 spiro atoms.